The standard InChI is InChI=1S/C21H22F6N8OS/c1-4-14-30-12(3)32-35(14)10-15(36)34-6-5-33(9-11(34)2)17-16(31-19(37-17)21(25,26)27)13-7-28-18(29-8-13)20(22,23)24/h7-8,11H,4-6,9-10H2,1-3H3/t11-/m1/s1. The number of aryl methyl sites for hydroxylation is 2. The predicted molar refractivity (Wildman–Crippen MR) is 121 cm³/mol. The van der Waals surface area contributed by atoms with E-state index in [9.17, 15) is 31.1 Å². The monoisotopic (exact) mass is 548 g/mol. The lowest BCUT2D eigenvalue weighted by Gasteiger charge is -2.40. The molecular formula is C21H22F6N8OS. The highest BCUT2D eigenvalue weighted by Gasteiger charge is 2.39. The third-order valence-electron chi connectivity index (χ3n) is 5.72. The summed E-state index contributed by atoms with van der Waals surface area (Å²) in [5.41, 5.74) is -0.238. The molecule has 37 heavy (non-hydrogen) atoms. The Balaban J connectivity index is 1.57. The molecule has 0 saturated carbocycles. The van der Waals surface area contributed by atoms with Crippen molar-refractivity contribution < 1.29 is 31.1 Å². The summed E-state index contributed by atoms with van der Waals surface area (Å²) in [7, 11) is 0. The zero-order valence-electron chi connectivity index (χ0n) is 19.9. The van der Waals surface area contributed by atoms with Crippen LogP contribution < -0.4 is 4.90 Å². The van der Waals surface area contributed by atoms with Crippen LogP contribution in [0.5, 0.6) is 0 Å². The predicted octanol–water partition coefficient (Wildman–Crippen LogP) is 3.84. The molecule has 3 aromatic heterocycles. The summed E-state index contributed by atoms with van der Waals surface area (Å²) >= 11 is 0.386. The summed E-state index contributed by atoms with van der Waals surface area (Å²) in [6.07, 6.45) is -7.32. The second-order valence-corrected chi connectivity index (χ2v) is 9.41. The van der Waals surface area contributed by atoms with E-state index < -0.39 is 23.2 Å². The van der Waals surface area contributed by atoms with Gasteiger partial charge in [0.2, 0.25) is 16.7 Å². The van der Waals surface area contributed by atoms with Gasteiger partial charge < -0.3 is 9.80 Å². The number of hydrogen-bond donors (Lipinski definition) is 0. The highest BCUT2D eigenvalue weighted by Crippen LogP contribution is 2.43. The first-order valence-corrected chi connectivity index (χ1v) is 12.0. The van der Waals surface area contributed by atoms with E-state index in [4.69, 9.17) is 0 Å². The average molecular weight is 549 g/mol. The van der Waals surface area contributed by atoms with Crippen molar-refractivity contribution in [3.8, 4) is 11.3 Å². The Kier molecular flexibility index (Phi) is 7.14. The van der Waals surface area contributed by atoms with Crippen molar-refractivity contribution >= 4 is 22.2 Å². The topological polar surface area (TPSA) is 92.9 Å². The van der Waals surface area contributed by atoms with E-state index in [-0.39, 0.29) is 54.4 Å². The van der Waals surface area contributed by atoms with Crippen LogP contribution in [-0.4, -0.2) is 66.2 Å². The van der Waals surface area contributed by atoms with E-state index in [1.807, 2.05) is 6.92 Å². The number of carbonyl (C=O) groups excluding carboxylic acids is 1. The van der Waals surface area contributed by atoms with Crippen LogP contribution in [0.4, 0.5) is 31.3 Å². The van der Waals surface area contributed by atoms with Crippen molar-refractivity contribution in [1.29, 1.82) is 0 Å². The number of alkyl halides is 6. The molecule has 0 aliphatic carbocycles. The van der Waals surface area contributed by atoms with Gasteiger partial charge in [-0.3, -0.25) is 4.79 Å². The molecule has 1 aliphatic heterocycles. The number of rotatable bonds is 5. The molecule has 0 N–H and O–H groups in total. The Morgan fingerprint density at radius 3 is 2.32 bits per heavy atom. The largest absolute Gasteiger partial charge is 0.451 e. The Labute approximate surface area is 211 Å². The number of nitrogens with zero attached hydrogens (tertiary/aromatic N) is 8. The van der Waals surface area contributed by atoms with E-state index in [1.165, 1.54) is 4.68 Å². The summed E-state index contributed by atoms with van der Waals surface area (Å²) in [6, 6.07) is -0.371. The van der Waals surface area contributed by atoms with E-state index >= 15 is 0 Å². The van der Waals surface area contributed by atoms with Crippen LogP contribution in [0.1, 0.15) is 36.3 Å². The van der Waals surface area contributed by atoms with Gasteiger partial charge in [-0.15, -0.1) is 0 Å². The zero-order chi connectivity index (χ0) is 27.1. The lowest BCUT2D eigenvalue weighted by atomic mass is 10.1. The number of piperazine rings is 1. The van der Waals surface area contributed by atoms with Crippen LogP contribution in [0.15, 0.2) is 12.4 Å². The first-order chi connectivity index (χ1) is 17.3. The molecule has 4 rings (SSSR count). The maximum Gasteiger partial charge on any atom is 0.451 e. The van der Waals surface area contributed by atoms with E-state index in [2.05, 4.69) is 25.0 Å². The van der Waals surface area contributed by atoms with Crippen molar-refractivity contribution in [1.82, 2.24) is 34.6 Å². The molecule has 3 aromatic rings. The van der Waals surface area contributed by atoms with Crippen LogP contribution in [0, 0.1) is 6.92 Å². The first-order valence-electron chi connectivity index (χ1n) is 11.2. The molecule has 1 amide bonds. The van der Waals surface area contributed by atoms with Crippen molar-refractivity contribution in [2.75, 3.05) is 24.5 Å². The fraction of sp³-hybridized carbons (Fsp3) is 0.524. The maximum absolute atomic E-state index is 13.5. The lowest BCUT2D eigenvalue weighted by molar-refractivity contribution is -0.145. The van der Waals surface area contributed by atoms with Crippen molar-refractivity contribution in [2.24, 2.45) is 0 Å². The molecule has 200 valence electrons. The fourth-order valence-electron chi connectivity index (χ4n) is 4.05. The smallest absolute Gasteiger partial charge is 0.358 e. The number of carbonyl (C=O) groups is 1. The minimum atomic E-state index is -4.79. The fourth-order valence-corrected chi connectivity index (χ4v) is 5.04. The Morgan fingerprint density at radius 1 is 1.08 bits per heavy atom. The molecule has 1 atom stereocenters. The molecule has 0 unspecified atom stereocenters. The van der Waals surface area contributed by atoms with E-state index in [0.29, 0.717) is 29.4 Å². The van der Waals surface area contributed by atoms with Crippen molar-refractivity contribution in [2.45, 2.75) is 52.1 Å². The summed E-state index contributed by atoms with van der Waals surface area (Å²) < 4.78 is 80.5. The molecule has 1 aliphatic rings. The number of halogens is 6. The zero-order valence-corrected chi connectivity index (χ0v) is 20.7. The lowest BCUT2D eigenvalue weighted by Crippen LogP contribution is -2.54. The number of amides is 1. The van der Waals surface area contributed by atoms with Gasteiger partial charge in [-0.25, -0.2) is 24.6 Å². The van der Waals surface area contributed by atoms with Crippen LogP contribution in [-0.2, 0) is 30.1 Å². The third-order valence-corrected chi connectivity index (χ3v) is 6.88. The molecule has 0 aromatic carbocycles. The number of aromatic nitrogens is 6. The van der Waals surface area contributed by atoms with Gasteiger partial charge in [0.1, 0.15) is 28.9 Å². The number of thiazole rings is 1. The molecule has 16 heteroatoms. The van der Waals surface area contributed by atoms with Gasteiger partial charge in [-0.05, 0) is 13.8 Å². The van der Waals surface area contributed by atoms with E-state index in [0.717, 1.165) is 12.4 Å². The quantitative estimate of drug-likeness (QED) is 0.448. The SMILES string of the molecule is CCc1nc(C)nn1CC(=O)N1CCN(c2sc(C(F)(F)F)nc2-c2cnc(C(F)(F)F)nc2)C[C@H]1C. The summed E-state index contributed by atoms with van der Waals surface area (Å²) in [6.45, 7) is 5.99. The molecule has 1 saturated heterocycles. The van der Waals surface area contributed by atoms with Crippen LogP contribution >= 0.6 is 11.3 Å². The minimum absolute atomic E-state index is 0.0126. The molecule has 0 radical (unpaired) electrons. The van der Waals surface area contributed by atoms with Crippen molar-refractivity contribution in [3.63, 3.8) is 0 Å². The van der Waals surface area contributed by atoms with Gasteiger partial charge in [0.05, 0.1) is 0 Å². The van der Waals surface area contributed by atoms with Gasteiger partial charge in [0.25, 0.3) is 0 Å². The highest BCUT2D eigenvalue weighted by molar-refractivity contribution is 7.16. The van der Waals surface area contributed by atoms with Crippen LogP contribution in [0.25, 0.3) is 11.3 Å². The summed E-state index contributed by atoms with van der Waals surface area (Å²) in [4.78, 5) is 30.7. The van der Waals surface area contributed by atoms with Crippen molar-refractivity contribution in [3.05, 3.63) is 34.9 Å². The van der Waals surface area contributed by atoms with Gasteiger partial charge in [0, 0.05) is 50.1 Å². The molecule has 1 fully saturated rings. The third kappa shape index (κ3) is 5.67. The summed E-state index contributed by atoms with van der Waals surface area (Å²) in [5, 5.41) is 3.23. The molecule has 0 bridgehead atoms. The van der Waals surface area contributed by atoms with Gasteiger partial charge in [-0.1, -0.05) is 18.3 Å². The molecular weight excluding hydrogens is 526 g/mol. The minimum Gasteiger partial charge on any atom is -0.358 e. The van der Waals surface area contributed by atoms with Gasteiger partial charge >= 0.3 is 12.4 Å². The highest BCUT2D eigenvalue weighted by atomic mass is 32.1. The van der Waals surface area contributed by atoms with Crippen LogP contribution in [0.2, 0.25) is 0 Å². The number of hydrogen-bond acceptors (Lipinski definition) is 8. The normalized spacial score (nSPS) is 16.9. The molecule has 0 spiro atoms. The molecule has 4 heterocycles. The average Bonchev–Trinajstić information content (AvgIpc) is 3.42. The first kappa shape index (κ1) is 26.8. The van der Waals surface area contributed by atoms with Crippen LogP contribution in [0.3, 0.4) is 0 Å². The van der Waals surface area contributed by atoms with Gasteiger partial charge in [-0.2, -0.15) is 31.4 Å². The Morgan fingerprint density at radius 2 is 1.76 bits per heavy atom. The number of anilines is 1. The van der Waals surface area contributed by atoms with Gasteiger partial charge in [0.15, 0.2) is 0 Å². The maximum atomic E-state index is 13.5. The summed E-state index contributed by atoms with van der Waals surface area (Å²) in [5.74, 6) is -0.389. The second kappa shape index (κ2) is 9.87. The second-order valence-electron chi connectivity index (χ2n) is 8.43. The Hall–Kier alpha value is -3.30. The Bertz CT molecular complexity index is 1270. The van der Waals surface area contributed by atoms with E-state index in [1.54, 1.807) is 23.6 Å². The molecule has 9 nitrogen and oxygen atoms in total.